The van der Waals surface area contributed by atoms with Crippen LogP contribution < -0.4 is 5.73 Å². The summed E-state index contributed by atoms with van der Waals surface area (Å²) in [6.45, 7) is 3.74. The number of halogens is 1. The van der Waals surface area contributed by atoms with Gasteiger partial charge in [-0.1, -0.05) is 6.92 Å². The summed E-state index contributed by atoms with van der Waals surface area (Å²) in [6.07, 6.45) is 1.90. The summed E-state index contributed by atoms with van der Waals surface area (Å²) in [5.41, 5.74) is 6.01. The van der Waals surface area contributed by atoms with Crippen LogP contribution in [0.4, 0.5) is 4.39 Å². The van der Waals surface area contributed by atoms with E-state index >= 15 is 0 Å². The second-order valence-corrected chi connectivity index (χ2v) is 4.41. The van der Waals surface area contributed by atoms with Crippen molar-refractivity contribution in [2.24, 2.45) is 5.73 Å². The molecule has 0 saturated carbocycles. The van der Waals surface area contributed by atoms with Crippen molar-refractivity contribution in [3.05, 3.63) is 29.8 Å². The van der Waals surface area contributed by atoms with Gasteiger partial charge in [-0.15, -0.1) is 0 Å². The summed E-state index contributed by atoms with van der Waals surface area (Å²) < 4.78 is 17.6. The van der Waals surface area contributed by atoms with Gasteiger partial charge in [0, 0.05) is 17.2 Å². The zero-order valence-corrected chi connectivity index (χ0v) is 10.9. The zero-order chi connectivity index (χ0) is 13.8. The monoisotopic (exact) mass is 254 g/mol. The number of methoxy groups -OCH3 is 1. The molecule has 0 spiro atoms. The van der Waals surface area contributed by atoms with Gasteiger partial charge in [0.1, 0.15) is 5.82 Å². The van der Waals surface area contributed by atoms with Crippen LogP contribution in [0.2, 0.25) is 0 Å². The number of nitrogens with two attached hydrogens (primary N) is 1. The van der Waals surface area contributed by atoms with E-state index in [9.17, 15) is 9.18 Å². The van der Waals surface area contributed by atoms with E-state index in [-0.39, 0.29) is 18.4 Å². The van der Waals surface area contributed by atoms with Crippen molar-refractivity contribution in [3.8, 4) is 0 Å². The van der Waals surface area contributed by atoms with Crippen LogP contribution in [-0.4, -0.2) is 24.1 Å². The van der Waals surface area contributed by atoms with Crippen molar-refractivity contribution in [2.45, 2.75) is 38.1 Å². The number of esters is 1. The first-order valence-corrected chi connectivity index (χ1v) is 5.90. The molecule has 0 bridgehead atoms. The average Bonchev–Trinajstić information content (AvgIpc) is 2.36. The summed E-state index contributed by atoms with van der Waals surface area (Å²) in [7, 11) is 1.34. The highest BCUT2D eigenvalue weighted by molar-refractivity contribution is 5.71. The van der Waals surface area contributed by atoms with Crippen molar-refractivity contribution < 1.29 is 13.9 Å². The third-order valence-corrected chi connectivity index (χ3v) is 3.43. The number of rotatable bonds is 5. The summed E-state index contributed by atoms with van der Waals surface area (Å²) in [4.78, 5) is 15.6. The fraction of sp³-hybridized carbons (Fsp3) is 0.538. The molecule has 18 heavy (non-hydrogen) atoms. The van der Waals surface area contributed by atoms with Crippen LogP contribution in [0.1, 0.15) is 32.4 Å². The van der Waals surface area contributed by atoms with Gasteiger partial charge in [-0.2, -0.15) is 0 Å². The molecule has 0 radical (unpaired) electrons. The lowest BCUT2D eigenvalue weighted by Gasteiger charge is -2.35. The second-order valence-electron chi connectivity index (χ2n) is 4.41. The van der Waals surface area contributed by atoms with Crippen LogP contribution in [0.25, 0.3) is 0 Å². The number of hydrogen-bond donors (Lipinski definition) is 1. The topological polar surface area (TPSA) is 65.2 Å². The van der Waals surface area contributed by atoms with Gasteiger partial charge in [0.25, 0.3) is 0 Å². The Balaban J connectivity index is 3.18. The molecule has 1 aromatic heterocycles. The highest BCUT2D eigenvalue weighted by Crippen LogP contribution is 2.33. The van der Waals surface area contributed by atoms with Gasteiger partial charge in [0.05, 0.1) is 19.7 Å². The minimum atomic E-state index is -0.624. The SMILES string of the molecule is CCC(CC(=O)OC)(c1ccc(F)cn1)C(C)N. The molecule has 2 atom stereocenters. The van der Waals surface area contributed by atoms with E-state index in [2.05, 4.69) is 4.98 Å². The second kappa shape index (κ2) is 5.91. The van der Waals surface area contributed by atoms with E-state index in [1.165, 1.54) is 13.2 Å². The van der Waals surface area contributed by atoms with E-state index in [4.69, 9.17) is 10.5 Å². The average molecular weight is 254 g/mol. The first kappa shape index (κ1) is 14.6. The maximum Gasteiger partial charge on any atom is 0.306 e. The maximum absolute atomic E-state index is 12.9. The molecule has 100 valence electrons. The van der Waals surface area contributed by atoms with Crippen molar-refractivity contribution in [3.63, 3.8) is 0 Å². The summed E-state index contributed by atoms with van der Waals surface area (Å²) in [5.74, 6) is -0.758. The Morgan fingerprint density at radius 1 is 1.61 bits per heavy atom. The lowest BCUT2D eigenvalue weighted by Crippen LogP contribution is -2.45. The van der Waals surface area contributed by atoms with Crippen molar-refractivity contribution >= 4 is 5.97 Å². The zero-order valence-electron chi connectivity index (χ0n) is 10.9. The van der Waals surface area contributed by atoms with E-state index in [0.717, 1.165) is 6.20 Å². The number of ether oxygens (including phenoxy) is 1. The highest BCUT2D eigenvalue weighted by atomic mass is 19.1. The van der Waals surface area contributed by atoms with Crippen molar-refractivity contribution in [2.75, 3.05) is 7.11 Å². The third-order valence-electron chi connectivity index (χ3n) is 3.43. The van der Waals surface area contributed by atoms with Gasteiger partial charge in [-0.3, -0.25) is 9.78 Å². The number of nitrogens with zero attached hydrogens (tertiary/aromatic N) is 1. The maximum atomic E-state index is 12.9. The van der Waals surface area contributed by atoms with E-state index < -0.39 is 11.2 Å². The molecule has 0 fully saturated rings. The van der Waals surface area contributed by atoms with Gasteiger partial charge in [-0.05, 0) is 25.5 Å². The van der Waals surface area contributed by atoms with Gasteiger partial charge in [-0.25, -0.2) is 4.39 Å². The largest absolute Gasteiger partial charge is 0.469 e. The van der Waals surface area contributed by atoms with Crippen LogP contribution in [0.15, 0.2) is 18.3 Å². The van der Waals surface area contributed by atoms with Crippen LogP contribution in [-0.2, 0) is 14.9 Å². The van der Waals surface area contributed by atoms with E-state index in [1.54, 1.807) is 6.07 Å². The Labute approximate surface area is 106 Å². The Bertz CT molecular complexity index is 406. The van der Waals surface area contributed by atoms with Gasteiger partial charge in [0.2, 0.25) is 0 Å². The number of aromatic nitrogens is 1. The molecular formula is C13H19FN2O2. The first-order valence-electron chi connectivity index (χ1n) is 5.90. The molecule has 2 N–H and O–H groups in total. The van der Waals surface area contributed by atoms with Crippen molar-refractivity contribution in [1.29, 1.82) is 0 Å². The molecule has 1 aromatic rings. The first-order chi connectivity index (χ1) is 8.46. The molecule has 0 aliphatic rings. The Morgan fingerprint density at radius 2 is 2.28 bits per heavy atom. The Kier molecular flexibility index (Phi) is 4.78. The highest BCUT2D eigenvalue weighted by Gasteiger charge is 2.38. The standard InChI is InChI=1S/C13H19FN2O2/c1-4-13(9(2)15,7-12(17)18-3)11-6-5-10(14)8-16-11/h5-6,8-9H,4,7,15H2,1-3H3. The molecule has 0 amide bonds. The van der Waals surface area contributed by atoms with E-state index in [0.29, 0.717) is 12.1 Å². The summed E-state index contributed by atoms with van der Waals surface area (Å²) in [6, 6.07) is 2.61. The molecule has 0 aliphatic heterocycles. The molecule has 2 unspecified atom stereocenters. The molecule has 0 aliphatic carbocycles. The molecule has 4 nitrogen and oxygen atoms in total. The fourth-order valence-corrected chi connectivity index (χ4v) is 2.11. The minimum absolute atomic E-state index is 0.135. The fourth-order valence-electron chi connectivity index (χ4n) is 2.11. The molecule has 1 heterocycles. The minimum Gasteiger partial charge on any atom is -0.469 e. The van der Waals surface area contributed by atoms with Crippen LogP contribution in [0.3, 0.4) is 0 Å². The quantitative estimate of drug-likeness (QED) is 0.813. The smallest absolute Gasteiger partial charge is 0.306 e. The van der Waals surface area contributed by atoms with Crippen molar-refractivity contribution in [1.82, 2.24) is 4.98 Å². The summed E-state index contributed by atoms with van der Waals surface area (Å²) in [5, 5.41) is 0. The number of carbonyl (C=O) groups is 1. The molecule has 0 aromatic carbocycles. The Hall–Kier alpha value is -1.49. The molecule has 5 heteroatoms. The number of carbonyl (C=O) groups excluding carboxylic acids is 1. The molecule has 0 saturated heterocycles. The molecular weight excluding hydrogens is 235 g/mol. The lowest BCUT2D eigenvalue weighted by molar-refractivity contribution is -0.142. The van der Waals surface area contributed by atoms with Gasteiger partial charge >= 0.3 is 5.97 Å². The van der Waals surface area contributed by atoms with Crippen LogP contribution >= 0.6 is 0 Å². The lowest BCUT2D eigenvalue weighted by atomic mass is 9.73. The van der Waals surface area contributed by atoms with Crippen LogP contribution in [0, 0.1) is 5.82 Å². The number of pyridine rings is 1. The number of hydrogen-bond acceptors (Lipinski definition) is 4. The van der Waals surface area contributed by atoms with Gasteiger partial charge < -0.3 is 10.5 Å². The summed E-state index contributed by atoms with van der Waals surface area (Å²) >= 11 is 0. The Morgan fingerprint density at radius 3 is 2.67 bits per heavy atom. The normalized spacial score (nSPS) is 15.8. The third kappa shape index (κ3) is 2.85. The predicted molar refractivity (Wildman–Crippen MR) is 66.4 cm³/mol. The van der Waals surface area contributed by atoms with E-state index in [1.807, 2.05) is 13.8 Å². The van der Waals surface area contributed by atoms with Crippen LogP contribution in [0.5, 0.6) is 0 Å². The van der Waals surface area contributed by atoms with Gasteiger partial charge in [0.15, 0.2) is 0 Å². The predicted octanol–water partition coefficient (Wildman–Crippen LogP) is 1.78. The molecule has 1 rings (SSSR count).